The summed E-state index contributed by atoms with van der Waals surface area (Å²) in [7, 11) is 0. The minimum Gasteiger partial charge on any atom is -0.455 e. The molecule has 0 aliphatic rings. The Labute approximate surface area is 113 Å². The van der Waals surface area contributed by atoms with Gasteiger partial charge in [0.05, 0.1) is 0 Å². The van der Waals surface area contributed by atoms with Gasteiger partial charge in [-0.15, -0.1) is 0 Å². The van der Waals surface area contributed by atoms with Gasteiger partial charge in [-0.25, -0.2) is 8.78 Å². The van der Waals surface area contributed by atoms with E-state index in [4.69, 9.17) is 10.5 Å². The van der Waals surface area contributed by atoms with Crippen molar-refractivity contribution < 1.29 is 13.5 Å². The molecule has 20 heavy (non-hydrogen) atoms. The zero-order valence-electron chi connectivity index (χ0n) is 10.3. The van der Waals surface area contributed by atoms with Crippen LogP contribution in [-0.4, -0.2) is 4.98 Å². The third kappa shape index (κ3) is 2.25. The van der Waals surface area contributed by atoms with Gasteiger partial charge in [-0.1, -0.05) is 0 Å². The first-order valence-electron chi connectivity index (χ1n) is 5.90. The maximum absolute atomic E-state index is 13.2. The molecule has 0 fully saturated rings. The summed E-state index contributed by atoms with van der Waals surface area (Å²) < 4.78 is 31.8. The summed E-state index contributed by atoms with van der Waals surface area (Å²) in [5.74, 6) is -0.945. The molecule has 3 rings (SSSR count). The predicted molar refractivity (Wildman–Crippen MR) is 72.6 cm³/mol. The number of halogens is 2. The van der Waals surface area contributed by atoms with Gasteiger partial charge in [0, 0.05) is 35.5 Å². The van der Waals surface area contributed by atoms with Crippen molar-refractivity contribution in [1.82, 2.24) is 4.98 Å². The summed E-state index contributed by atoms with van der Waals surface area (Å²) in [5, 5.41) is 0.724. The lowest BCUT2D eigenvalue weighted by atomic mass is 10.1. The largest absolute Gasteiger partial charge is 0.455 e. The molecular formula is C15H10F2N2O. The second kappa shape index (κ2) is 4.77. The average molecular weight is 272 g/mol. The first-order chi connectivity index (χ1) is 9.63. The van der Waals surface area contributed by atoms with Crippen molar-refractivity contribution in [2.75, 3.05) is 5.73 Å². The Kier molecular flexibility index (Phi) is 2.95. The van der Waals surface area contributed by atoms with Crippen molar-refractivity contribution >= 4 is 16.6 Å². The molecule has 2 N–H and O–H groups in total. The zero-order valence-corrected chi connectivity index (χ0v) is 10.3. The number of fused-ring (bicyclic) bond motifs is 1. The van der Waals surface area contributed by atoms with Crippen LogP contribution < -0.4 is 10.5 Å². The van der Waals surface area contributed by atoms with Crippen LogP contribution in [0.15, 0.2) is 48.7 Å². The van der Waals surface area contributed by atoms with Gasteiger partial charge in [0.15, 0.2) is 5.75 Å². The van der Waals surface area contributed by atoms with Crippen LogP contribution in [0.5, 0.6) is 11.5 Å². The van der Waals surface area contributed by atoms with E-state index in [9.17, 15) is 8.78 Å². The number of aromatic nitrogens is 1. The van der Waals surface area contributed by atoms with Crippen LogP contribution >= 0.6 is 0 Å². The smallest absolute Gasteiger partial charge is 0.153 e. The fraction of sp³-hybridized carbons (Fsp3) is 0. The topological polar surface area (TPSA) is 48.1 Å². The van der Waals surface area contributed by atoms with E-state index in [0.29, 0.717) is 17.0 Å². The summed E-state index contributed by atoms with van der Waals surface area (Å²) in [6.07, 6.45) is 1.60. The van der Waals surface area contributed by atoms with Gasteiger partial charge in [-0.3, -0.25) is 4.98 Å². The highest BCUT2D eigenvalue weighted by molar-refractivity contribution is 5.94. The lowest BCUT2D eigenvalue weighted by Crippen LogP contribution is -1.93. The average Bonchev–Trinajstić information content (AvgIpc) is 2.41. The van der Waals surface area contributed by atoms with Crippen LogP contribution in [0.25, 0.3) is 10.9 Å². The molecule has 0 spiro atoms. The lowest BCUT2D eigenvalue weighted by molar-refractivity contribution is 0.472. The zero-order chi connectivity index (χ0) is 14.1. The van der Waals surface area contributed by atoms with Crippen molar-refractivity contribution in [2.45, 2.75) is 0 Å². The van der Waals surface area contributed by atoms with E-state index in [0.717, 1.165) is 23.6 Å². The monoisotopic (exact) mass is 272 g/mol. The van der Waals surface area contributed by atoms with E-state index in [-0.39, 0.29) is 5.75 Å². The Morgan fingerprint density at radius 2 is 1.75 bits per heavy atom. The molecule has 0 saturated carbocycles. The summed E-state index contributed by atoms with van der Waals surface area (Å²) in [5.41, 5.74) is 6.95. The number of ether oxygens (including phenoxy) is 1. The number of benzene rings is 2. The summed E-state index contributed by atoms with van der Waals surface area (Å²) in [4.78, 5) is 4.19. The third-order valence-electron chi connectivity index (χ3n) is 2.83. The van der Waals surface area contributed by atoms with Gasteiger partial charge in [0.2, 0.25) is 0 Å². The number of nitrogen functional groups attached to an aromatic ring is 1. The quantitative estimate of drug-likeness (QED) is 0.720. The SMILES string of the molecule is Nc1ccc(Oc2cc(F)cc(F)c2)c2ncccc12. The summed E-state index contributed by atoms with van der Waals surface area (Å²) in [6, 6.07) is 9.83. The summed E-state index contributed by atoms with van der Waals surface area (Å²) in [6.45, 7) is 0. The molecule has 0 unspecified atom stereocenters. The Morgan fingerprint density at radius 3 is 2.50 bits per heavy atom. The predicted octanol–water partition coefficient (Wildman–Crippen LogP) is 3.89. The van der Waals surface area contributed by atoms with E-state index in [2.05, 4.69) is 4.98 Å². The van der Waals surface area contributed by atoms with Crippen molar-refractivity contribution in [1.29, 1.82) is 0 Å². The number of nitrogens with two attached hydrogens (primary N) is 1. The highest BCUT2D eigenvalue weighted by Gasteiger charge is 2.09. The highest BCUT2D eigenvalue weighted by Crippen LogP contribution is 2.32. The molecule has 0 saturated heterocycles. The minimum absolute atomic E-state index is 0.0687. The molecule has 0 radical (unpaired) electrons. The first-order valence-corrected chi connectivity index (χ1v) is 5.90. The maximum atomic E-state index is 13.2. The molecule has 0 atom stereocenters. The van der Waals surface area contributed by atoms with E-state index < -0.39 is 11.6 Å². The molecule has 0 aliphatic carbocycles. The molecule has 3 aromatic rings. The van der Waals surface area contributed by atoms with Crippen LogP contribution in [0.3, 0.4) is 0 Å². The fourth-order valence-electron chi connectivity index (χ4n) is 1.97. The van der Waals surface area contributed by atoms with Gasteiger partial charge >= 0.3 is 0 Å². The fourth-order valence-corrected chi connectivity index (χ4v) is 1.97. The number of pyridine rings is 1. The van der Waals surface area contributed by atoms with E-state index >= 15 is 0 Å². The number of hydrogen-bond donors (Lipinski definition) is 1. The van der Waals surface area contributed by atoms with E-state index in [1.807, 2.05) is 0 Å². The molecule has 0 amide bonds. The molecular weight excluding hydrogens is 262 g/mol. The minimum atomic E-state index is -0.701. The van der Waals surface area contributed by atoms with Crippen molar-refractivity contribution in [3.8, 4) is 11.5 Å². The van der Waals surface area contributed by atoms with E-state index in [1.165, 1.54) is 0 Å². The molecule has 100 valence electrons. The normalized spacial score (nSPS) is 10.7. The Hall–Kier alpha value is -2.69. The first kappa shape index (κ1) is 12.3. The van der Waals surface area contributed by atoms with Crippen molar-refractivity contribution in [3.63, 3.8) is 0 Å². The Morgan fingerprint density at radius 1 is 1.00 bits per heavy atom. The van der Waals surface area contributed by atoms with Crippen LogP contribution in [0.2, 0.25) is 0 Å². The molecule has 0 aliphatic heterocycles. The van der Waals surface area contributed by atoms with Crippen LogP contribution in [0.4, 0.5) is 14.5 Å². The molecule has 1 heterocycles. The van der Waals surface area contributed by atoms with Crippen LogP contribution in [-0.2, 0) is 0 Å². The maximum Gasteiger partial charge on any atom is 0.153 e. The second-order valence-corrected chi connectivity index (χ2v) is 4.26. The summed E-state index contributed by atoms with van der Waals surface area (Å²) >= 11 is 0. The number of anilines is 1. The molecule has 2 aromatic carbocycles. The number of nitrogens with zero attached hydrogens (tertiary/aromatic N) is 1. The molecule has 1 aromatic heterocycles. The third-order valence-corrected chi connectivity index (χ3v) is 2.83. The lowest BCUT2D eigenvalue weighted by Gasteiger charge is -2.09. The standard InChI is InChI=1S/C15H10F2N2O/c16-9-6-10(17)8-11(7-9)20-14-4-3-13(18)12-2-1-5-19-15(12)14/h1-8H,18H2. The Bertz CT molecular complexity index is 770. The second-order valence-electron chi connectivity index (χ2n) is 4.26. The van der Waals surface area contributed by atoms with Gasteiger partial charge in [-0.05, 0) is 24.3 Å². The van der Waals surface area contributed by atoms with Crippen LogP contribution in [0.1, 0.15) is 0 Å². The van der Waals surface area contributed by atoms with Crippen molar-refractivity contribution in [3.05, 3.63) is 60.3 Å². The molecule has 3 nitrogen and oxygen atoms in total. The van der Waals surface area contributed by atoms with Crippen LogP contribution in [0, 0.1) is 11.6 Å². The highest BCUT2D eigenvalue weighted by atomic mass is 19.1. The molecule has 0 bridgehead atoms. The molecule has 5 heteroatoms. The van der Waals surface area contributed by atoms with Gasteiger partial charge in [-0.2, -0.15) is 0 Å². The van der Waals surface area contributed by atoms with Gasteiger partial charge in [0.1, 0.15) is 22.9 Å². The van der Waals surface area contributed by atoms with E-state index in [1.54, 1.807) is 30.5 Å². The van der Waals surface area contributed by atoms with Gasteiger partial charge in [0.25, 0.3) is 0 Å². The van der Waals surface area contributed by atoms with Crippen molar-refractivity contribution in [2.24, 2.45) is 0 Å². The number of rotatable bonds is 2. The number of hydrogen-bond acceptors (Lipinski definition) is 3. The Balaban J connectivity index is 2.09. The van der Waals surface area contributed by atoms with Gasteiger partial charge < -0.3 is 10.5 Å².